The molecule has 0 saturated carbocycles. The topological polar surface area (TPSA) is 74.4 Å². The van der Waals surface area contributed by atoms with Gasteiger partial charge in [-0.1, -0.05) is 6.92 Å². The van der Waals surface area contributed by atoms with E-state index >= 15 is 0 Å². The lowest BCUT2D eigenvalue weighted by Gasteiger charge is -2.15. The fourth-order valence-electron chi connectivity index (χ4n) is 2.31. The summed E-state index contributed by atoms with van der Waals surface area (Å²) in [5, 5.41) is 7.06. The van der Waals surface area contributed by atoms with E-state index < -0.39 is 24.5 Å². The zero-order valence-electron chi connectivity index (χ0n) is 14.3. The standard InChI is InChI=1S/C16H15F4N5O2/c1-3-11(14(17)18)27-13-5-4-9(6-22-13)10-8-25-12(7-21-10)23-24-15(25)16(19,20)26-2/h4-8,11,14H,3H2,1-2H3/t11-/m0/s1. The molecular weight excluding hydrogens is 370 g/mol. The van der Waals surface area contributed by atoms with Crippen LogP contribution in [0.1, 0.15) is 19.2 Å². The summed E-state index contributed by atoms with van der Waals surface area (Å²) in [5.41, 5.74) is 0.881. The summed E-state index contributed by atoms with van der Waals surface area (Å²) in [6, 6.07) is 2.94. The number of halogens is 4. The van der Waals surface area contributed by atoms with Crippen molar-refractivity contribution in [3.05, 3.63) is 36.5 Å². The number of ether oxygens (including phenoxy) is 2. The molecule has 0 bridgehead atoms. The van der Waals surface area contributed by atoms with Crippen molar-refractivity contribution >= 4 is 5.65 Å². The van der Waals surface area contributed by atoms with Crippen LogP contribution < -0.4 is 4.74 Å². The highest BCUT2D eigenvalue weighted by molar-refractivity contribution is 5.59. The van der Waals surface area contributed by atoms with Crippen LogP contribution in [-0.4, -0.2) is 44.2 Å². The number of rotatable bonds is 7. The number of aromatic nitrogens is 5. The Morgan fingerprint density at radius 1 is 1.15 bits per heavy atom. The first-order chi connectivity index (χ1) is 12.9. The van der Waals surface area contributed by atoms with Crippen molar-refractivity contribution in [2.75, 3.05) is 7.11 Å². The average Bonchev–Trinajstić information content (AvgIpc) is 3.10. The van der Waals surface area contributed by atoms with Crippen LogP contribution in [0.2, 0.25) is 0 Å². The predicted molar refractivity (Wildman–Crippen MR) is 85.6 cm³/mol. The smallest absolute Gasteiger partial charge is 0.417 e. The minimum absolute atomic E-state index is 0.0304. The second-order valence-corrected chi connectivity index (χ2v) is 5.53. The summed E-state index contributed by atoms with van der Waals surface area (Å²) in [7, 11) is 0.856. The molecular formula is C16H15F4N5O2. The molecule has 0 amide bonds. The van der Waals surface area contributed by atoms with E-state index in [-0.39, 0.29) is 17.9 Å². The third-order valence-electron chi connectivity index (χ3n) is 3.80. The van der Waals surface area contributed by atoms with Crippen molar-refractivity contribution in [1.29, 1.82) is 0 Å². The highest BCUT2D eigenvalue weighted by Crippen LogP contribution is 2.28. The summed E-state index contributed by atoms with van der Waals surface area (Å²) in [5.74, 6) is -0.665. The molecule has 3 aromatic heterocycles. The van der Waals surface area contributed by atoms with Gasteiger partial charge in [-0.2, -0.15) is 8.78 Å². The molecule has 3 aromatic rings. The molecule has 0 aromatic carbocycles. The molecule has 27 heavy (non-hydrogen) atoms. The maximum atomic E-state index is 13.8. The van der Waals surface area contributed by atoms with Crippen LogP contribution >= 0.6 is 0 Å². The van der Waals surface area contributed by atoms with Crippen molar-refractivity contribution in [1.82, 2.24) is 24.6 Å². The van der Waals surface area contributed by atoms with Crippen LogP contribution in [0.5, 0.6) is 5.88 Å². The summed E-state index contributed by atoms with van der Waals surface area (Å²) in [6.07, 6.45) is -3.46. The second kappa shape index (κ2) is 7.43. The van der Waals surface area contributed by atoms with Gasteiger partial charge in [-0.05, 0) is 12.5 Å². The molecule has 0 N–H and O–H groups in total. The van der Waals surface area contributed by atoms with Gasteiger partial charge in [0.2, 0.25) is 11.7 Å². The number of fused-ring (bicyclic) bond motifs is 1. The number of methoxy groups -OCH3 is 1. The van der Waals surface area contributed by atoms with E-state index in [0.29, 0.717) is 11.3 Å². The molecule has 0 saturated heterocycles. The van der Waals surface area contributed by atoms with Gasteiger partial charge in [0.25, 0.3) is 6.43 Å². The number of nitrogens with zero attached hydrogens (tertiary/aromatic N) is 5. The Bertz CT molecular complexity index is 917. The molecule has 0 fully saturated rings. The molecule has 144 valence electrons. The predicted octanol–water partition coefficient (Wildman–Crippen LogP) is 3.30. The Labute approximate surface area is 151 Å². The molecule has 0 aliphatic carbocycles. The molecule has 7 nitrogen and oxygen atoms in total. The van der Waals surface area contributed by atoms with Gasteiger partial charge in [-0.3, -0.25) is 9.38 Å². The minimum atomic E-state index is -3.63. The summed E-state index contributed by atoms with van der Waals surface area (Å²) in [4.78, 5) is 8.09. The molecule has 0 radical (unpaired) electrons. The normalized spacial score (nSPS) is 13.3. The van der Waals surface area contributed by atoms with Gasteiger partial charge in [0.1, 0.15) is 0 Å². The first-order valence-corrected chi connectivity index (χ1v) is 7.91. The first kappa shape index (κ1) is 19.0. The zero-order chi connectivity index (χ0) is 19.6. The highest BCUT2D eigenvalue weighted by atomic mass is 19.3. The minimum Gasteiger partial charge on any atom is -0.468 e. The van der Waals surface area contributed by atoms with Crippen LogP contribution in [0.15, 0.2) is 30.7 Å². The average molecular weight is 385 g/mol. The fourth-order valence-corrected chi connectivity index (χ4v) is 2.31. The molecule has 0 spiro atoms. The van der Waals surface area contributed by atoms with Crippen molar-refractivity contribution in [3.8, 4) is 17.1 Å². The monoisotopic (exact) mass is 385 g/mol. The Morgan fingerprint density at radius 2 is 1.93 bits per heavy atom. The molecule has 1 atom stereocenters. The van der Waals surface area contributed by atoms with E-state index in [9.17, 15) is 17.6 Å². The highest BCUT2D eigenvalue weighted by Gasteiger charge is 2.37. The van der Waals surface area contributed by atoms with Gasteiger partial charge in [0.05, 0.1) is 11.9 Å². The fraction of sp³-hybridized carbons (Fsp3) is 0.375. The van der Waals surface area contributed by atoms with Crippen LogP contribution in [-0.2, 0) is 10.8 Å². The van der Waals surface area contributed by atoms with Crippen molar-refractivity contribution in [2.24, 2.45) is 0 Å². The van der Waals surface area contributed by atoms with Crippen molar-refractivity contribution < 1.29 is 27.0 Å². The Kier molecular flexibility index (Phi) is 5.22. The third-order valence-corrected chi connectivity index (χ3v) is 3.80. The van der Waals surface area contributed by atoms with Gasteiger partial charge >= 0.3 is 6.11 Å². The van der Waals surface area contributed by atoms with Crippen molar-refractivity contribution in [2.45, 2.75) is 32.0 Å². The Balaban J connectivity index is 1.90. The quantitative estimate of drug-likeness (QED) is 0.581. The molecule has 3 heterocycles. The van der Waals surface area contributed by atoms with E-state index in [0.717, 1.165) is 11.5 Å². The second-order valence-electron chi connectivity index (χ2n) is 5.53. The first-order valence-electron chi connectivity index (χ1n) is 7.91. The summed E-state index contributed by atoms with van der Waals surface area (Å²) in [6.45, 7) is 1.58. The van der Waals surface area contributed by atoms with Crippen molar-refractivity contribution in [3.63, 3.8) is 0 Å². The van der Waals surface area contributed by atoms with E-state index in [1.165, 1.54) is 30.7 Å². The zero-order valence-corrected chi connectivity index (χ0v) is 14.3. The largest absolute Gasteiger partial charge is 0.468 e. The SMILES string of the molecule is CC[C@H](Oc1ccc(-c2cn3c(C(F)(F)OC)nnc3cn2)cn1)C(F)F. The van der Waals surface area contributed by atoms with Gasteiger partial charge in [-0.15, -0.1) is 10.2 Å². The van der Waals surface area contributed by atoms with Gasteiger partial charge in [-0.25, -0.2) is 13.8 Å². The number of hydrogen-bond acceptors (Lipinski definition) is 6. The third kappa shape index (κ3) is 3.82. The summed E-state index contributed by atoms with van der Waals surface area (Å²) >= 11 is 0. The van der Waals surface area contributed by atoms with Crippen LogP contribution in [0.4, 0.5) is 17.6 Å². The maximum absolute atomic E-state index is 13.8. The lowest BCUT2D eigenvalue weighted by atomic mass is 10.2. The van der Waals surface area contributed by atoms with E-state index in [1.54, 1.807) is 6.92 Å². The summed E-state index contributed by atoms with van der Waals surface area (Å²) < 4.78 is 63.5. The van der Waals surface area contributed by atoms with Gasteiger partial charge < -0.3 is 9.47 Å². The number of alkyl halides is 4. The Hall–Kier alpha value is -2.82. The van der Waals surface area contributed by atoms with Crippen LogP contribution in [0, 0.1) is 0 Å². The van der Waals surface area contributed by atoms with Crippen LogP contribution in [0.3, 0.4) is 0 Å². The van der Waals surface area contributed by atoms with E-state index in [1.807, 2.05) is 0 Å². The maximum Gasteiger partial charge on any atom is 0.417 e. The van der Waals surface area contributed by atoms with E-state index in [2.05, 4.69) is 24.9 Å². The lowest BCUT2D eigenvalue weighted by molar-refractivity contribution is -0.237. The molecule has 3 rings (SSSR count). The number of hydrogen-bond donors (Lipinski definition) is 0. The molecule has 0 aliphatic heterocycles. The van der Waals surface area contributed by atoms with Crippen LogP contribution in [0.25, 0.3) is 16.9 Å². The molecule has 0 aliphatic rings. The Morgan fingerprint density at radius 3 is 2.52 bits per heavy atom. The lowest BCUT2D eigenvalue weighted by Crippen LogP contribution is -2.24. The molecule has 11 heteroatoms. The number of pyridine rings is 1. The molecule has 0 unspecified atom stereocenters. The van der Waals surface area contributed by atoms with Gasteiger partial charge in [0, 0.05) is 31.1 Å². The van der Waals surface area contributed by atoms with Gasteiger partial charge in [0.15, 0.2) is 11.8 Å². The van der Waals surface area contributed by atoms with E-state index in [4.69, 9.17) is 4.74 Å².